The summed E-state index contributed by atoms with van der Waals surface area (Å²) in [6.07, 6.45) is 20.2. The van der Waals surface area contributed by atoms with Crippen molar-refractivity contribution in [2.45, 2.75) is 113 Å². The molecule has 0 spiro atoms. The molecule has 46 heavy (non-hydrogen) atoms. The summed E-state index contributed by atoms with van der Waals surface area (Å²) in [7, 11) is 4.74. The molecule has 0 saturated heterocycles. The zero-order valence-corrected chi connectivity index (χ0v) is 29.1. The van der Waals surface area contributed by atoms with Crippen molar-refractivity contribution in [3.05, 3.63) is 95.6 Å². The van der Waals surface area contributed by atoms with E-state index in [4.69, 9.17) is 10.2 Å². The average Bonchev–Trinajstić information content (AvgIpc) is 3.05. The van der Waals surface area contributed by atoms with Gasteiger partial charge in [-0.15, -0.1) is 0 Å². The van der Waals surface area contributed by atoms with Gasteiger partial charge in [0, 0.05) is 16.7 Å². The Kier molecular flexibility index (Phi) is 19.0. The number of benzene rings is 3. The number of hydrogen-bond donors (Lipinski definition) is 2. The first kappa shape index (κ1) is 39.1. The third-order valence-corrected chi connectivity index (χ3v) is 9.72. The van der Waals surface area contributed by atoms with Gasteiger partial charge in [-0.2, -0.15) is 0 Å². The number of carboxylic acid groups (broad SMARTS) is 2. The molecule has 0 aliphatic rings. The zero-order chi connectivity index (χ0) is 33.6. The standard InChI is InChI=1S/C25H46N.C14H10O5S/c1-4-5-6-7-8-9-10-11-12-13-14-15-16-20-23-26(2,3)24-25-21-18-17-19-22-25;15-13(16)9-5-1-3-7-11(9)20(19)12-8-4-2-6-10(12)14(17)18/h17-19,21-22H,4-16,20,23-24H2,1-3H3;1-8H,(H,15,16)(H,17,18)/q+1;. The summed E-state index contributed by atoms with van der Waals surface area (Å²) in [4.78, 5) is 22.4. The summed E-state index contributed by atoms with van der Waals surface area (Å²) in [6.45, 7) is 4.75. The number of aromatic carboxylic acids is 2. The van der Waals surface area contributed by atoms with Crippen LogP contribution in [0.3, 0.4) is 0 Å². The SMILES string of the molecule is CCCCCCCCCCCCCCCC[N+](C)(C)Cc1ccccc1.O=C(O)c1ccccc1[S+]([O-])c1ccccc1C(=O)O. The normalized spacial score (nSPS) is 11.2. The van der Waals surface area contributed by atoms with Crippen molar-refractivity contribution in [1.29, 1.82) is 0 Å². The maximum Gasteiger partial charge on any atom is 0.340 e. The molecular formula is C39H56NO5S+. The Morgan fingerprint density at radius 3 is 1.37 bits per heavy atom. The van der Waals surface area contributed by atoms with Gasteiger partial charge < -0.3 is 19.2 Å². The minimum absolute atomic E-state index is 0.0775. The Hall–Kier alpha value is -3.13. The van der Waals surface area contributed by atoms with Gasteiger partial charge in [0.05, 0.1) is 20.6 Å². The molecule has 2 N–H and O–H groups in total. The maximum atomic E-state index is 12.5. The average molecular weight is 651 g/mol. The van der Waals surface area contributed by atoms with Crippen LogP contribution < -0.4 is 0 Å². The topological polar surface area (TPSA) is 97.7 Å². The summed E-state index contributed by atoms with van der Waals surface area (Å²) < 4.78 is 13.6. The molecule has 3 rings (SSSR count). The van der Waals surface area contributed by atoms with Crippen LogP contribution in [0, 0.1) is 0 Å². The third-order valence-electron chi connectivity index (χ3n) is 8.20. The summed E-state index contributed by atoms with van der Waals surface area (Å²) >= 11 is -1.87. The highest BCUT2D eigenvalue weighted by Crippen LogP contribution is 2.27. The predicted octanol–water partition coefficient (Wildman–Crippen LogP) is 9.99. The van der Waals surface area contributed by atoms with Gasteiger partial charge in [0.15, 0.2) is 9.79 Å². The molecular weight excluding hydrogens is 594 g/mol. The summed E-state index contributed by atoms with van der Waals surface area (Å²) in [5.41, 5.74) is 1.25. The van der Waals surface area contributed by atoms with E-state index in [1.54, 1.807) is 12.1 Å². The molecule has 3 aromatic rings. The van der Waals surface area contributed by atoms with Crippen LogP contribution in [0.2, 0.25) is 0 Å². The Balaban J connectivity index is 0.000000330. The van der Waals surface area contributed by atoms with Crippen LogP contribution in [-0.2, 0) is 17.7 Å². The minimum Gasteiger partial charge on any atom is -0.606 e. The quantitative estimate of drug-likeness (QED) is 0.0679. The van der Waals surface area contributed by atoms with E-state index < -0.39 is 23.1 Å². The van der Waals surface area contributed by atoms with Crippen molar-refractivity contribution >= 4 is 23.1 Å². The first-order chi connectivity index (χ1) is 22.2. The van der Waals surface area contributed by atoms with Crippen LogP contribution >= 0.6 is 0 Å². The highest BCUT2D eigenvalue weighted by atomic mass is 32.2. The summed E-state index contributed by atoms with van der Waals surface area (Å²) in [5, 5.41) is 18.2. The van der Waals surface area contributed by atoms with Crippen LogP contribution in [0.5, 0.6) is 0 Å². The van der Waals surface area contributed by atoms with Gasteiger partial charge >= 0.3 is 11.9 Å². The smallest absolute Gasteiger partial charge is 0.340 e. The number of unbranched alkanes of at least 4 members (excludes halogenated alkanes) is 13. The lowest BCUT2D eigenvalue weighted by Gasteiger charge is -2.30. The molecule has 0 atom stereocenters. The molecule has 0 radical (unpaired) electrons. The molecule has 7 heteroatoms. The van der Waals surface area contributed by atoms with Crippen molar-refractivity contribution in [3.63, 3.8) is 0 Å². The van der Waals surface area contributed by atoms with Crippen LogP contribution in [0.15, 0.2) is 88.7 Å². The van der Waals surface area contributed by atoms with E-state index in [-0.39, 0.29) is 20.9 Å². The molecule has 0 heterocycles. The van der Waals surface area contributed by atoms with Gasteiger partial charge in [-0.3, -0.25) is 0 Å². The number of carbonyl (C=O) groups is 2. The second kappa shape index (κ2) is 22.4. The fraction of sp³-hybridized carbons (Fsp3) is 0.487. The van der Waals surface area contributed by atoms with Gasteiger partial charge in [0.1, 0.15) is 17.7 Å². The predicted molar refractivity (Wildman–Crippen MR) is 189 cm³/mol. The molecule has 0 amide bonds. The van der Waals surface area contributed by atoms with Crippen LogP contribution in [0.1, 0.15) is 123 Å². The first-order valence-corrected chi connectivity index (χ1v) is 18.2. The van der Waals surface area contributed by atoms with E-state index in [1.165, 1.54) is 138 Å². The molecule has 252 valence electrons. The lowest BCUT2D eigenvalue weighted by atomic mass is 10.0. The molecule has 3 aromatic carbocycles. The highest BCUT2D eigenvalue weighted by molar-refractivity contribution is 7.91. The number of carboxylic acids is 2. The first-order valence-electron chi connectivity index (χ1n) is 17.1. The van der Waals surface area contributed by atoms with E-state index in [1.807, 2.05) is 0 Å². The van der Waals surface area contributed by atoms with Gasteiger partial charge in [-0.1, -0.05) is 139 Å². The molecule has 0 aliphatic heterocycles. The Bertz CT molecular complexity index is 1220. The largest absolute Gasteiger partial charge is 0.606 e. The van der Waals surface area contributed by atoms with Crippen molar-refractivity contribution in [2.24, 2.45) is 0 Å². The molecule has 0 bridgehead atoms. The molecule has 0 saturated carbocycles. The number of hydrogen-bond acceptors (Lipinski definition) is 3. The lowest BCUT2D eigenvalue weighted by Crippen LogP contribution is -2.39. The van der Waals surface area contributed by atoms with E-state index in [2.05, 4.69) is 51.4 Å². The van der Waals surface area contributed by atoms with Crippen LogP contribution in [0.25, 0.3) is 0 Å². The van der Waals surface area contributed by atoms with E-state index in [0.717, 1.165) is 11.0 Å². The molecule has 0 aliphatic carbocycles. The third kappa shape index (κ3) is 15.4. The van der Waals surface area contributed by atoms with E-state index in [0.29, 0.717) is 0 Å². The lowest BCUT2D eigenvalue weighted by molar-refractivity contribution is -0.903. The summed E-state index contributed by atoms with van der Waals surface area (Å²) in [6, 6.07) is 22.6. The van der Waals surface area contributed by atoms with E-state index >= 15 is 0 Å². The Morgan fingerprint density at radius 1 is 0.587 bits per heavy atom. The molecule has 0 aromatic heterocycles. The minimum atomic E-state index is -1.87. The van der Waals surface area contributed by atoms with Crippen molar-refractivity contribution in [1.82, 2.24) is 0 Å². The van der Waals surface area contributed by atoms with Gasteiger partial charge in [0.2, 0.25) is 0 Å². The molecule has 0 unspecified atom stereocenters. The fourth-order valence-corrected chi connectivity index (χ4v) is 6.97. The van der Waals surface area contributed by atoms with E-state index in [9.17, 15) is 14.1 Å². The van der Waals surface area contributed by atoms with Gasteiger partial charge in [0.25, 0.3) is 0 Å². The van der Waals surface area contributed by atoms with Crippen molar-refractivity contribution in [2.75, 3.05) is 20.6 Å². The molecule has 6 nitrogen and oxygen atoms in total. The van der Waals surface area contributed by atoms with Crippen molar-refractivity contribution in [3.8, 4) is 0 Å². The van der Waals surface area contributed by atoms with Gasteiger partial charge in [-0.05, 0) is 37.1 Å². The monoisotopic (exact) mass is 650 g/mol. The second-order valence-electron chi connectivity index (χ2n) is 12.8. The van der Waals surface area contributed by atoms with Crippen LogP contribution in [-0.4, -0.2) is 51.8 Å². The molecule has 0 fully saturated rings. The highest BCUT2D eigenvalue weighted by Gasteiger charge is 2.26. The summed E-state index contributed by atoms with van der Waals surface area (Å²) in [5.74, 6) is -2.41. The number of rotatable bonds is 21. The Labute approximate surface area is 280 Å². The zero-order valence-electron chi connectivity index (χ0n) is 28.3. The number of quaternary nitrogens is 1. The second-order valence-corrected chi connectivity index (χ2v) is 14.2. The van der Waals surface area contributed by atoms with Gasteiger partial charge in [-0.25, -0.2) is 9.59 Å². The maximum absolute atomic E-state index is 12.5. The number of nitrogens with zero attached hydrogens (tertiary/aromatic N) is 1. The fourth-order valence-electron chi connectivity index (χ4n) is 5.62. The van der Waals surface area contributed by atoms with Crippen LogP contribution in [0.4, 0.5) is 0 Å². The van der Waals surface area contributed by atoms with Crippen molar-refractivity contribution < 1.29 is 28.8 Å². The Morgan fingerprint density at radius 2 is 0.957 bits per heavy atom.